The number of piperidine rings is 1. The van der Waals surface area contributed by atoms with Crippen molar-refractivity contribution >= 4 is 11.6 Å². The molecule has 0 amide bonds. The molecule has 132 valence electrons. The van der Waals surface area contributed by atoms with Gasteiger partial charge in [0.25, 0.3) is 0 Å². The zero-order valence-electron chi connectivity index (χ0n) is 15.0. The third kappa shape index (κ3) is 3.43. The lowest BCUT2D eigenvalue weighted by Gasteiger charge is -2.43. The van der Waals surface area contributed by atoms with Crippen LogP contribution >= 0.6 is 11.6 Å². The van der Waals surface area contributed by atoms with E-state index in [4.69, 9.17) is 16.3 Å². The van der Waals surface area contributed by atoms with E-state index in [2.05, 4.69) is 43.1 Å². The molecule has 4 atom stereocenters. The van der Waals surface area contributed by atoms with Gasteiger partial charge in [-0.2, -0.15) is 0 Å². The monoisotopic (exact) mass is 355 g/mol. The lowest BCUT2D eigenvalue weighted by atomic mass is 9.76. The number of aryl methyl sites for hydroxylation is 1. The van der Waals surface area contributed by atoms with Gasteiger partial charge in [0.15, 0.2) is 0 Å². The second-order valence-electron chi connectivity index (χ2n) is 7.65. The van der Waals surface area contributed by atoms with Gasteiger partial charge in [-0.25, -0.2) is 0 Å². The van der Waals surface area contributed by atoms with E-state index < -0.39 is 0 Å². The molecule has 4 rings (SSSR count). The van der Waals surface area contributed by atoms with Gasteiger partial charge in [-0.1, -0.05) is 41.4 Å². The summed E-state index contributed by atoms with van der Waals surface area (Å²) in [4.78, 5) is 2.60. The van der Waals surface area contributed by atoms with E-state index in [9.17, 15) is 0 Å². The van der Waals surface area contributed by atoms with Crippen LogP contribution in [0.1, 0.15) is 36.3 Å². The molecule has 0 aromatic heterocycles. The minimum atomic E-state index is 0.530. The molecule has 2 heterocycles. The van der Waals surface area contributed by atoms with Gasteiger partial charge in [-0.3, -0.25) is 0 Å². The number of nitrogens with zero attached hydrogens (tertiary/aromatic N) is 1. The molecule has 2 aliphatic heterocycles. The molecule has 3 heteroatoms. The van der Waals surface area contributed by atoms with Crippen LogP contribution in [0.2, 0.25) is 5.02 Å². The van der Waals surface area contributed by atoms with Crippen molar-refractivity contribution in [1.82, 2.24) is 4.90 Å². The number of halogens is 1. The highest BCUT2D eigenvalue weighted by Crippen LogP contribution is 2.46. The molecule has 2 saturated heterocycles. The van der Waals surface area contributed by atoms with Gasteiger partial charge in [0.05, 0.1) is 6.61 Å². The molecule has 0 N–H and O–H groups in total. The van der Waals surface area contributed by atoms with Gasteiger partial charge in [-0.15, -0.1) is 0 Å². The number of hydrogen-bond acceptors (Lipinski definition) is 2. The summed E-state index contributed by atoms with van der Waals surface area (Å²) in [5, 5.41) is 0.751. The minimum absolute atomic E-state index is 0.530. The van der Waals surface area contributed by atoms with E-state index in [-0.39, 0.29) is 0 Å². The first-order valence-electron chi connectivity index (χ1n) is 9.28. The number of ether oxygens (including phenoxy) is 1. The summed E-state index contributed by atoms with van der Waals surface area (Å²) >= 11 is 5.98. The van der Waals surface area contributed by atoms with Crippen LogP contribution in [0, 0.1) is 12.8 Å². The fourth-order valence-corrected chi connectivity index (χ4v) is 4.85. The van der Waals surface area contributed by atoms with E-state index in [1.54, 1.807) is 0 Å². The first-order valence-corrected chi connectivity index (χ1v) is 9.66. The predicted octanol–water partition coefficient (Wildman–Crippen LogP) is 5.29. The first-order chi connectivity index (χ1) is 12.1. The maximum atomic E-state index is 6.19. The molecule has 0 saturated carbocycles. The van der Waals surface area contributed by atoms with Crippen molar-refractivity contribution in [1.29, 1.82) is 0 Å². The first kappa shape index (κ1) is 16.9. The molecule has 0 aliphatic carbocycles. The van der Waals surface area contributed by atoms with Gasteiger partial charge in [0.2, 0.25) is 0 Å². The molecular weight excluding hydrogens is 330 g/mol. The van der Waals surface area contributed by atoms with E-state index in [0.29, 0.717) is 17.9 Å². The molecule has 0 spiro atoms. The predicted molar refractivity (Wildman–Crippen MR) is 104 cm³/mol. The third-order valence-corrected chi connectivity index (χ3v) is 6.45. The van der Waals surface area contributed by atoms with Crippen molar-refractivity contribution in [2.45, 2.75) is 44.2 Å². The number of fused-ring (bicyclic) bond motifs is 2. The Kier molecular flexibility index (Phi) is 4.75. The Bertz CT molecular complexity index is 712. The lowest BCUT2D eigenvalue weighted by molar-refractivity contribution is 0.0666. The van der Waals surface area contributed by atoms with Crippen LogP contribution < -0.4 is 4.74 Å². The van der Waals surface area contributed by atoms with Crippen LogP contribution in [0.15, 0.2) is 48.5 Å². The molecule has 25 heavy (non-hydrogen) atoms. The average Bonchev–Trinajstić information content (AvgIpc) is 2.86. The molecule has 2 aliphatic rings. The van der Waals surface area contributed by atoms with Crippen LogP contribution in [0.25, 0.3) is 0 Å². The van der Waals surface area contributed by atoms with Crippen molar-refractivity contribution in [3.05, 3.63) is 64.7 Å². The molecule has 2 nitrogen and oxygen atoms in total. The molecule has 2 aromatic rings. The number of rotatable bonds is 4. The van der Waals surface area contributed by atoms with Crippen LogP contribution in [0.5, 0.6) is 5.75 Å². The molecule has 2 fully saturated rings. The summed E-state index contributed by atoms with van der Waals surface area (Å²) in [6.07, 6.45) is 3.85. The lowest BCUT2D eigenvalue weighted by Crippen LogP contribution is -2.47. The number of hydrogen-bond donors (Lipinski definition) is 0. The molecule has 0 unspecified atom stereocenters. The smallest absolute Gasteiger partial charge is 0.119 e. The van der Waals surface area contributed by atoms with E-state index >= 15 is 0 Å². The van der Waals surface area contributed by atoms with Crippen molar-refractivity contribution in [3.63, 3.8) is 0 Å². The fraction of sp³-hybridized carbons (Fsp3) is 0.455. The van der Waals surface area contributed by atoms with Gasteiger partial charge in [0.1, 0.15) is 5.75 Å². The third-order valence-electron chi connectivity index (χ3n) is 6.19. The normalized spacial score (nSPS) is 28.9. The standard InChI is InChI=1S/C22H26ClNO/c1-15-3-5-16(6-4-15)20-13-18-9-12-22(24(18)2)21(20)14-25-19-10-7-17(23)8-11-19/h3-8,10-11,18,20-22H,9,12-14H2,1-2H3/t18-,20+,21+,22-/m1/s1. The summed E-state index contributed by atoms with van der Waals surface area (Å²) in [7, 11) is 2.29. The number of benzene rings is 2. The van der Waals surface area contributed by atoms with Gasteiger partial charge >= 0.3 is 0 Å². The second kappa shape index (κ2) is 7.01. The molecule has 2 bridgehead atoms. The van der Waals surface area contributed by atoms with Gasteiger partial charge < -0.3 is 9.64 Å². The zero-order valence-corrected chi connectivity index (χ0v) is 15.7. The van der Waals surface area contributed by atoms with Crippen LogP contribution in [-0.4, -0.2) is 30.6 Å². The second-order valence-corrected chi connectivity index (χ2v) is 8.08. The molecule has 0 radical (unpaired) electrons. The molecule has 2 aromatic carbocycles. The zero-order chi connectivity index (χ0) is 17.4. The maximum Gasteiger partial charge on any atom is 0.119 e. The highest BCUT2D eigenvalue weighted by molar-refractivity contribution is 6.30. The van der Waals surface area contributed by atoms with Crippen LogP contribution in [-0.2, 0) is 0 Å². The van der Waals surface area contributed by atoms with E-state index in [1.807, 2.05) is 24.3 Å². The van der Waals surface area contributed by atoms with Crippen LogP contribution in [0.4, 0.5) is 0 Å². The summed E-state index contributed by atoms with van der Waals surface area (Å²) in [5.41, 5.74) is 2.80. The van der Waals surface area contributed by atoms with Crippen molar-refractivity contribution in [3.8, 4) is 5.75 Å². The Labute approximate surface area is 155 Å². The van der Waals surface area contributed by atoms with Crippen molar-refractivity contribution < 1.29 is 4.74 Å². The topological polar surface area (TPSA) is 12.5 Å². The SMILES string of the molecule is Cc1ccc([C@@H]2C[C@H]3CC[C@H]([C@H]2COc2ccc(Cl)cc2)N3C)cc1. The Morgan fingerprint density at radius 2 is 1.76 bits per heavy atom. The van der Waals surface area contributed by atoms with Crippen molar-refractivity contribution in [2.24, 2.45) is 5.92 Å². The Balaban J connectivity index is 1.56. The fourth-order valence-electron chi connectivity index (χ4n) is 4.72. The van der Waals surface area contributed by atoms with E-state index in [0.717, 1.165) is 23.4 Å². The minimum Gasteiger partial charge on any atom is -0.493 e. The largest absolute Gasteiger partial charge is 0.493 e. The molecular formula is C22H26ClNO. The van der Waals surface area contributed by atoms with Crippen LogP contribution in [0.3, 0.4) is 0 Å². The van der Waals surface area contributed by atoms with Gasteiger partial charge in [0, 0.05) is 23.0 Å². The highest BCUT2D eigenvalue weighted by Gasteiger charge is 2.46. The maximum absolute atomic E-state index is 6.19. The Morgan fingerprint density at radius 1 is 1.04 bits per heavy atom. The van der Waals surface area contributed by atoms with Crippen molar-refractivity contribution in [2.75, 3.05) is 13.7 Å². The Hall–Kier alpha value is -1.51. The Morgan fingerprint density at radius 3 is 2.48 bits per heavy atom. The highest BCUT2D eigenvalue weighted by atomic mass is 35.5. The van der Waals surface area contributed by atoms with E-state index in [1.165, 1.54) is 30.4 Å². The summed E-state index contributed by atoms with van der Waals surface area (Å²) in [5.74, 6) is 2.03. The average molecular weight is 356 g/mol. The quantitative estimate of drug-likeness (QED) is 0.738. The van der Waals surface area contributed by atoms with Gasteiger partial charge in [-0.05, 0) is 69.0 Å². The summed E-state index contributed by atoms with van der Waals surface area (Å²) in [6, 6.07) is 18.2. The summed E-state index contributed by atoms with van der Waals surface area (Å²) in [6.45, 7) is 2.92. The summed E-state index contributed by atoms with van der Waals surface area (Å²) < 4.78 is 6.19.